The molecule has 6 nitrogen and oxygen atoms in total. The minimum Gasteiger partial charge on any atom is -0.342 e. The molecule has 1 saturated carbocycles. The van der Waals surface area contributed by atoms with Crippen molar-refractivity contribution >= 4 is 27.8 Å². The van der Waals surface area contributed by atoms with Crippen LogP contribution in [0, 0.1) is 11.7 Å². The van der Waals surface area contributed by atoms with E-state index in [0.29, 0.717) is 17.4 Å². The summed E-state index contributed by atoms with van der Waals surface area (Å²) in [7, 11) is 1.41. The van der Waals surface area contributed by atoms with Gasteiger partial charge in [0.1, 0.15) is 11.6 Å². The van der Waals surface area contributed by atoms with E-state index in [1.54, 1.807) is 24.3 Å². The van der Waals surface area contributed by atoms with Crippen LogP contribution in [0.3, 0.4) is 0 Å². The molecule has 2 heterocycles. The smallest absolute Gasteiger partial charge is 0.274 e. The number of rotatable bonds is 5. The summed E-state index contributed by atoms with van der Waals surface area (Å²) in [6.07, 6.45) is 6.13. The maximum absolute atomic E-state index is 13.9. The Bertz CT molecular complexity index is 1310. The van der Waals surface area contributed by atoms with Gasteiger partial charge in [0.05, 0.1) is 23.7 Å². The normalized spacial score (nSPS) is 19.6. The monoisotopic (exact) mass is 446 g/mol. The highest BCUT2D eigenvalue weighted by molar-refractivity contribution is 5.96. The summed E-state index contributed by atoms with van der Waals surface area (Å²) in [5.41, 5.74) is 6.62. The standard InChI is InChI=1S/C26H27FN4O2/c1-15(25-29-23-9-7-18(13-24(23)30-25)26(32)31-33-2)16-3-5-17(6-4-16)20-11-12-28-22-10-8-19(27)14-21(20)22/h7-17H,3-6H2,1-2H3,(H,29,30)(H,31,32). The van der Waals surface area contributed by atoms with Gasteiger partial charge in [0.25, 0.3) is 5.91 Å². The fourth-order valence-corrected chi connectivity index (χ4v) is 5.19. The van der Waals surface area contributed by atoms with Crippen LogP contribution in [-0.2, 0) is 4.84 Å². The Morgan fingerprint density at radius 2 is 1.91 bits per heavy atom. The number of halogens is 1. The van der Waals surface area contributed by atoms with Gasteiger partial charge >= 0.3 is 0 Å². The Balaban J connectivity index is 1.31. The van der Waals surface area contributed by atoms with Crippen LogP contribution in [0.4, 0.5) is 4.39 Å². The largest absolute Gasteiger partial charge is 0.342 e. The molecule has 2 aromatic heterocycles. The van der Waals surface area contributed by atoms with Gasteiger partial charge in [-0.05, 0) is 85.5 Å². The van der Waals surface area contributed by atoms with E-state index in [2.05, 4.69) is 22.4 Å². The summed E-state index contributed by atoms with van der Waals surface area (Å²) in [5, 5.41) is 0.930. The molecule has 170 valence electrons. The molecule has 1 aliphatic carbocycles. The number of H-pyrrole nitrogens is 1. The zero-order valence-corrected chi connectivity index (χ0v) is 18.8. The molecule has 1 unspecified atom stereocenters. The van der Waals surface area contributed by atoms with E-state index in [9.17, 15) is 9.18 Å². The van der Waals surface area contributed by atoms with E-state index in [4.69, 9.17) is 9.82 Å². The average molecular weight is 447 g/mol. The van der Waals surface area contributed by atoms with Crippen LogP contribution in [0.25, 0.3) is 21.9 Å². The Hall–Kier alpha value is -3.32. The molecule has 5 rings (SSSR count). The molecule has 1 atom stereocenters. The first-order valence-corrected chi connectivity index (χ1v) is 11.4. The number of amides is 1. The number of imidazole rings is 1. The fourth-order valence-electron chi connectivity index (χ4n) is 5.19. The van der Waals surface area contributed by atoms with Crippen LogP contribution in [-0.4, -0.2) is 28.0 Å². The Morgan fingerprint density at radius 3 is 2.70 bits per heavy atom. The third kappa shape index (κ3) is 4.20. The molecule has 33 heavy (non-hydrogen) atoms. The van der Waals surface area contributed by atoms with Crippen molar-refractivity contribution in [2.24, 2.45) is 5.92 Å². The molecule has 2 aromatic carbocycles. The van der Waals surface area contributed by atoms with Gasteiger partial charge in [-0.2, -0.15) is 0 Å². The second-order valence-electron chi connectivity index (χ2n) is 8.95. The molecule has 0 saturated heterocycles. The molecular weight excluding hydrogens is 419 g/mol. The van der Waals surface area contributed by atoms with Crippen LogP contribution in [0.5, 0.6) is 0 Å². The second kappa shape index (κ2) is 8.90. The maximum atomic E-state index is 13.9. The lowest BCUT2D eigenvalue weighted by atomic mass is 9.73. The van der Waals surface area contributed by atoms with Gasteiger partial charge in [-0.1, -0.05) is 6.92 Å². The Kier molecular flexibility index (Phi) is 5.81. The van der Waals surface area contributed by atoms with Crippen LogP contribution in [0.2, 0.25) is 0 Å². The van der Waals surface area contributed by atoms with Crippen LogP contribution >= 0.6 is 0 Å². The summed E-state index contributed by atoms with van der Waals surface area (Å²) in [4.78, 5) is 29.4. The van der Waals surface area contributed by atoms with Crippen molar-refractivity contribution in [3.05, 3.63) is 71.4 Å². The summed E-state index contributed by atoms with van der Waals surface area (Å²) in [6, 6.07) is 12.3. The first kappa shape index (κ1) is 21.5. The van der Waals surface area contributed by atoms with Crippen molar-refractivity contribution in [3.63, 3.8) is 0 Å². The number of nitrogens with one attached hydrogen (secondary N) is 2. The number of pyridine rings is 1. The van der Waals surface area contributed by atoms with E-state index in [1.807, 2.05) is 18.3 Å². The van der Waals surface area contributed by atoms with Gasteiger partial charge in [-0.25, -0.2) is 14.9 Å². The summed E-state index contributed by atoms with van der Waals surface area (Å²) >= 11 is 0. The quantitative estimate of drug-likeness (QED) is 0.390. The highest BCUT2D eigenvalue weighted by Gasteiger charge is 2.29. The van der Waals surface area contributed by atoms with Crippen molar-refractivity contribution < 1.29 is 14.0 Å². The molecule has 7 heteroatoms. The first-order chi connectivity index (χ1) is 16.0. The van der Waals surface area contributed by atoms with Gasteiger partial charge in [-0.3, -0.25) is 14.6 Å². The lowest BCUT2D eigenvalue weighted by Crippen LogP contribution is -2.21. The van der Waals surface area contributed by atoms with E-state index >= 15 is 0 Å². The number of benzene rings is 2. The number of nitrogens with zero attached hydrogens (tertiary/aromatic N) is 2. The van der Waals surface area contributed by atoms with Crippen molar-refractivity contribution in [1.29, 1.82) is 0 Å². The minimum absolute atomic E-state index is 0.216. The molecule has 2 N–H and O–H groups in total. The third-order valence-electron chi connectivity index (χ3n) is 7.04. The highest BCUT2D eigenvalue weighted by Crippen LogP contribution is 2.43. The van der Waals surface area contributed by atoms with Gasteiger partial charge < -0.3 is 4.98 Å². The first-order valence-electron chi connectivity index (χ1n) is 11.4. The summed E-state index contributed by atoms with van der Waals surface area (Å²) in [5.74, 6) is 1.66. The topological polar surface area (TPSA) is 79.9 Å². The molecular formula is C26H27FN4O2. The van der Waals surface area contributed by atoms with Gasteiger partial charge in [0, 0.05) is 23.1 Å². The second-order valence-corrected chi connectivity index (χ2v) is 8.95. The number of hydrogen-bond acceptors (Lipinski definition) is 4. The maximum Gasteiger partial charge on any atom is 0.274 e. The summed E-state index contributed by atoms with van der Waals surface area (Å²) in [6.45, 7) is 2.22. The lowest BCUT2D eigenvalue weighted by Gasteiger charge is -2.32. The Labute approximate surface area is 191 Å². The average Bonchev–Trinajstić information content (AvgIpc) is 3.27. The lowest BCUT2D eigenvalue weighted by molar-refractivity contribution is 0.0538. The van der Waals surface area contributed by atoms with E-state index in [0.717, 1.165) is 53.4 Å². The zero-order valence-electron chi connectivity index (χ0n) is 18.8. The van der Waals surface area contributed by atoms with Crippen molar-refractivity contribution in [2.75, 3.05) is 7.11 Å². The molecule has 1 aliphatic rings. The SMILES string of the molecule is CONC(=O)c1ccc2nc(C(C)C3CCC(c4ccnc5ccc(F)cc45)CC3)[nH]c2c1. The number of aromatic nitrogens is 3. The Morgan fingerprint density at radius 1 is 1.12 bits per heavy atom. The molecule has 0 aliphatic heterocycles. The van der Waals surface area contributed by atoms with Gasteiger partial charge in [-0.15, -0.1) is 0 Å². The van der Waals surface area contributed by atoms with Crippen LogP contribution < -0.4 is 5.48 Å². The molecule has 0 spiro atoms. The van der Waals surface area contributed by atoms with Gasteiger partial charge in [0.2, 0.25) is 0 Å². The number of aromatic amines is 1. The van der Waals surface area contributed by atoms with Crippen molar-refractivity contribution in [1.82, 2.24) is 20.4 Å². The van der Waals surface area contributed by atoms with Crippen molar-refractivity contribution in [2.45, 2.75) is 44.4 Å². The number of carbonyl (C=O) groups excluding carboxylic acids is 1. The van der Waals surface area contributed by atoms with E-state index in [-0.39, 0.29) is 17.6 Å². The predicted octanol–water partition coefficient (Wildman–Crippen LogP) is 5.62. The van der Waals surface area contributed by atoms with Crippen LogP contribution in [0.15, 0.2) is 48.7 Å². The molecule has 1 amide bonds. The summed E-state index contributed by atoms with van der Waals surface area (Å²) < 4.78 is 13.9. The van der Waals surface area contributed by atoms with Gasteiger partial charge in [0.15, 0.2) is 0 Å². The highest BCUT2D eigenvalue weighted by atomic mass is 19.1. The fraction of sp³-hybridized carbons (Fsp3) is 0.346. The minimum atomic E-state index is -0.287. The van der Waals surface area contributed by atoms with E-state index < -0.39 is 0 Å². The van der Waals surface area contributed by atoms with E-state index in [1.165, 1.54) is 18.7 Å². The molecule has 0 radical (unpaired) electrons. The molecule has 1 fully saturated rings. The molecule has 4 aromatic rings. The predicted molar refractivity (Wildman–Crippen MR) is 125 cm³/mol. The number of carbonyl (C=O) groups is 1. The number of fused-ring (bicyclic) bond motifs is 2. The van der Waals surface area contributed by atoms with Crippen LogP contribution in [0.1, 0.15) is 66.2 Å². The van der Waals surface area contributed by atoms with Crippen molar-refractivity contribution in [3.8, 4) is 0 Å². The number of hydroxylamine groups is 1. The molecule has 0 bridgehead atoms. The zero-order chi connectivity index (χ0) is 22.9. The number of hydrogen-bond donors (Lipinski definition) is 2. The third-order valence-corrected chi connectivity index (χ3v) is 7.04.